The van der Waals surface area contributed by atoms with E-state index < -0.39 is 0 Å². The maximum Gasteiger partial charge on any atom is 0.331 e. The summed E-state index contributed by atoms with van der Waals surface area (Å²) < 4.78 is 5.87. The van der Waals surface area contributed by atoms with Crippen molar-refractivity contribution in [2.75, 3.05) is 10.2 Å². The largest absolute Gasteiger partial charge is 0.457 e. The fourth-order valence-electron chi connectivity index (χ4n) is 4.68. The second-order valence-electron chi connectivity index (χ2n) is 8.79. The van der Waals surface area contributed by atoms with E-state index in [0.29, 0.717) is 44.7 Å². The minimum atomic E-state index is -0.357. The predicted molar refractivity (Wildman–Crippen MR) is 141 cm³/mol. The van der Waals surface area contributed by atoms with Crippen molar-refractivity contribution in [2.24, 2.45) is 0 Å². The van der Waals surface area contributed by atoms with E-state index in [4.69, 9.17) is 10.1 Å². The molecule has 36 heavy (non-hydrogen) atoms. The Kier molecular flexibility index (Phi) is 5.61. The number of thiophene rings is 1. The summed E-state index contributed by atoms with van der Waals surface area (Å²) in [7, 11) is 0. The van der Waals surface area contributed by atoms with Crippen LogP contribution in [0.5, 0.6) is 11.5 Å². The summed E-state index contributed by atoms with van der Waals surface area (Å²) in [6, 6.07) is 17.9. The molecule has 0 spiro atoms. The number of aromatic nitrogens is 1. The molecule has 6 rings (SSSR count). The van der Waals surface area contributed by atoms with E-state index in [1.165, 1.54) is 11.3 Å². The molecule has 2 aliphatic rings. The van der Waals surface area contributed by atoms with Gasteiger partial charge in [-0.05, 0) is 61.7 Å². The van der Waals surface area contributed by atoms with Gasteiger partial charge in [-0.2, -0.15) is 0 Å². The lowest BCUT2D eigenvalue weighted by Gasteiger charge is -2.28. The highest BCUT2D eigenvalue weighted by Crippen LogP contribution is 2.45. The molecule has 3 amide bonds. The third kappa shape index (κ3) is 3.97. The van der Waals surface area contributed by atoms with E-state index in [9.17, 15) is 9.59 Å². The second-order valence-corrected chi connectivity index (χ2v) is 9.79. The summed E-state index contributed by atoms with van der Waals surface area (Å²) >= 11 is 1.25. The molecule has 9 heteroatoms. The van der Waals surface area contributed by atoms with Crippen molar-refractivity contribution in [1.29, 1.82) is 5.41 Å². The summed E-state index contributed by atoms with van der Waals surface area (Å²) in [5.41, 5.74) is 2.36. The summed E-state index contributed by atoms with van der Waals surface area (Å²) in [4.78, 5) is 33.6. The van der Waals surface area contributed by atoms with Crippen molar-refractivity contribution in [3.8, 4) is 11.5 Å². The molecule has 2 aromatic heterocycles. The van der Waals surface area contributed by atoms with Crippen LogP contribution in [-0.4, -0.2) is 28.7 Å². The lowest BCUT2D eigenvalue weighted by atomic mass is 9.93. The highest BCUT2D eigenvalue weighted by molar-refractivity contribution is 7.21. The first-order valence-corrected chi connectivity index (χ1v) is 12.6. The van der Waals surface area contributed by atoms with E-state index in [1.54, 1.807) is 17.2 Å². The number of nitrogens with one attached hydrogen (secondary N) is 3. The van der Waals surface area contributed by atoms with E-state index in [-0.39, 0.29) is 18.0 Å². The number of rotatable bonds is 5. The number of urea groups is 1. The molecular formula is C27H23N5O3S. The van der Waals surface area contributed by atoms with Crippen molar-refractivity contribution in [2.45, 2.75) is 31.7 Å². The molecule has 8 nitrogen and oxygen atoms in total. The van der Waals surface area contributed by atoms with Gasteiger partial charge in [0.05, 0.1) is 28.5 Å². The zero-order valence-electron chi connectivity index (χ0n) is 19.3. The molecule has 4 aromatic rings. The fraction of sp³-hybridized carbons (Fsp3) is 0.185. The highest BCUT2D eigenvalue weighted by atomic mass is 32.1. The number of nitrogens with zero attached hydrogens (tertiary/aromatic N) is 2. The average Bonchev–Trinajstić information content (AvgIpc) is 3.26. The molecule has 0 bridgehead atoms. The second kappa shape index (κ2) is 9.09. The standard InChI is InChI=1S/C27H23N5O3S/c28-19-8-4-5-9-20(19)30-25(33)24-23-22-21(14-15-29-26(22)36-24)32(27(34)31-23)16-10-12-18(13-11-16)35-17-6-2-1-3-7-17/h1-3,6-7,10-15,20,28H,4-5,8-9H2,(H,30,33)(H,31,34)/t20-/m1/s1. The normalized spacial score (nSPS) is 17.1. The van der Waals surface area contributed by atoms with Gasteiger partial charge in [0.1, 0.15) is 21.2 Å². The zero-order valence-corrected chi connectivity index (χ0v) is 20.1. The molecule has 2 aromatic carbocycles. The van der Waals surface area contributed by atoms with Crippen molar-refractivity contribution < 1.29 is 14.3 Å². The summed E-state index contributed by atoms with van der Waals surface area (Å²) in [6.07, 6.45) is 5.08. The summed E-state index contributed by atoms with van der Waals surface area (Å²) in [5, 5.41) is 14.8. The number of carbonyl (C=O) groups is 2. The van der Waals surface area contributed by atoms with Crippen molar-refractivity contribution in [1.82, 2.24) is 10.3 Å². The molecule has 0 saturated heterocycles. The topological polar surface area (TPSA) is 107 Å². The molecule has 3 N–H and O–H groups in total. The highest BCUT2D eigenvalue weighted by Gasteiger charge is 2.33. The van der Waals surface area contributed by atoms with Crippen LogP contribution in [0.1, 0.15) is 35.4 Å². The number of anilines is 3. The van der Waals surface area contributed by atoms with Crippen LogP contribution in [0.15, 0.2) is 66.9 Å². The Morgan fingerprint density at radius 3 is 2.64 bits per heavy atom. The van der Waals surface area contributed by atoms with Crippen molar-refractivity contribution in [3.63, 3.8) is 0 Å². The van der Waals surface area contributed by atoms with Gasteiger partial charge in [0.15, 0.2) is 0 Å². The van der Waals surface area contributed by atoms with Gasteiger partial charge < -0.3 is 20.8 Å². The van der Waals surface area contributed by atoms with Gasteiger partial charge in [-0.3, -0.25) is 9.69 Å². The van der Waals surface area contributed by atoms with E-state index >= 15 is 0 Å². The van der Waals surface area contributed by atoms with Gasteiger partial charge in [0, 0.05) is 11.9 Å². The molecule has 180 valence electrons. The Morgan fingerprint density at radius 1 is 1.08 bits per heavy atom. The lowest BCUT2D eigenvalue weighted by Crippen LogP contribution is -2.42. The number of hydrogen-bond acceptors (Lipinski definition) is 6. The number of hydrogen-bond donors (Lipinski definition) is 3. The third-order valence-electron chi connectivity index (χ3n) is 6.44. The Labute approximate surface area is 211 Å². The van der Waals surface area contributed by atoms with Crippen LogP contribution in [0.3, 0.4) is 0 Å². The smallest absolute Gasteiger partial charge is 0.331 e. The van der Waals surface area contributed by atoms with Crippen LogP contribution < -0.4 is 20.3 Å². The number of pyridine rings is 1. The van der Waals surface area contributed by atoms with Crippen molar-refractivity contribution >= 4 is 56.3 Å². The van der Waals surface area contributed by atoms with Gasteiger partial charge in [-0.1, -0.05) is 24.6 Å². The Bertz CT molecular complexity index is 1480. The first-order valence-electron chi connectivity index (χ1n) is 11.8. The molecule has 0 unspecified atom stereocenters. The van der Waals surface area contributed by atoms with E-state index in [1.807, 2.05) is 54.6 Å². The maximum absolute atomic E-state index is 13.3. The molecule has 1 aliphatic carbocycles. The van der Waals surface area contributed by atoms with E-state index in [0.717, 1.165) is 30.4 Å². The van der Waals surface area contributed by atoms with Crippen LogP contribution in [-0.2, 0) is 0 Å². The Morgan fingerprint density at radius 2 is 1.86 bits per heavy atom. The number of amides is 3. The monoisotopic (exact) mass is 497 g/mol. The average molecular weight is 498 g/mol. The lowest BCUT2D eigenvalue weighted by molar-refractivity contribution is 0.0948. The molecule has 0 radical (unpaired) electrons. The van der Waals surface area contributed by atoms with Gasteiger partial charge >= 0.3 is 6.03 Å². The van der Waals surface area contributed by atoms with Crippen LogP contribution in [0.4, 0.5) is 21.9 Å². The molecule has 1 aliphatic heterocycles. The van der Waals surface area contributed by atoms with Crippen LogP contribution in [0.25, 0.3) is 10.2 Å². The Hall–Kier alpha value is -4.24. The molecule has 1 fully saturated rings. The van der Waals surface area contributed by atoms with Gasteiger partial charge in [-0.25, -0.2) is 9.78 Å². The van der Waals surface area contributed by atoms with Crippen LogP contribution in [0, 0.1) is 5.41 Å². The molecule has 1 saturated carbocycles. The first kappa shape index (κ1) is 22.2. The van der Waals surface area contributed by atoms with Crippen molar-refractivity contribution in [3.05, 3.63) is 71.7 Å². The zero-order chi connectivity index (χ0) is 24.6. The fourth-order valence-corrected chi connectivity index (χ4v) is 5.71. The first-order chi connectivity index (χ1) is 17.6. The third-order valence-corrected chi connectivity index (χ3v) is 7.54. The maximum atomic E-state index is 13.3. The molecular weight excluding hydrogens is 474 g/mol. The predicted octanol–water partition coefficient (Wildman–Crippen LogP) is 6.46. The Balaban J connectivity index is 1.31. The minimum Gasteiger partial charge on any atom is -0.457 e. The van der Waals surface area contributed by atoms with Gasteiger partial charge in [-0.15, -0.1) is 11.3 Å². The number of carbonyl (C=O) groups excluding carboxylic acids is 2. The summed E-state index contributed by atoms with van der Waals surface area (Å²) in [5.74, 6) is 1.10. The van der Waals surface area contributed by atoms with Crippen LogP contribution >= 0.6 is 11.3 Å². The van der Waals surface area contributed by atoms with E-state index in [2.05, 4.69) is 15.6 Å². The number of benzene rings is 2. The van der Waals surface area contributed by atoms with Crippen LogP contribution in [0.2, 0.25) is 0 Å². The molecule has 3 heterocycles. The summed E-state index contributed by atoms with van der Waals surface area (Å²) in [6.45, 7) is 0. The number of ether oxygens (including phenoxy) is 1. The SMILES string of the molecule is N=C1CCCC[C@H]1NC(=O)c1sc2nccc3c2c1NC(=O)N3c1ccc(Oc2ccccc2)cc1. The minimum absolute atomic E-state index is 0.261. The van der Waals surface area contributed by atoms with Gasteiger partial charge in [0.25, 0.3) is 5.91 Å². The number of para-hydroxylation sites is 1. The quantitative estimate of drug-likeness (QED) is 0.294. The van der Waals surface area contributed by atoms with Gasteiger partial charge in [0.2, 0.25) is 0 Å². The molecule has 1 atom stereocenters.